The van der Waals surface area contributed by atoms with E-state index in [9.17, 15) is 18.4 Å². The number of pyridine rings is 1. The van der Waals surface area contributed by atoms with Crippen LogP contribution in [0.15, 0.2) is 36.7 Å². The molecule has 2 aromatic rings. The van der Waals surface area contributed by atoms with Crippen molar-refractivity contribution in [3.63, 3.8) is 0 Å². The van der Waals surface area contributed by atoms with Crippen molar-refractivity contribution in [2.24, 2.45) is 11.8 Å². The quantitative estimate of drug-likeness (QED) is 0.759. The molecule has 1 saturated carbocycles. The Labute approximate surface area is 185 Å². The van der Waals surface area contributed by atoms with E-state index in [1.54, 1.807) is 12.3 Å². The van der Waals surface area contributed by atoms with Gasteiger partial charge in [-0.2, -0.15) is 0 Å². The highest BCUT2D eigenvalue weighted by Crippen LogP contribution is 2.37. The molecule has 0 bridgehead atoms. The van der Waals surface area contributed by atoms with E-state index < -0.39 is 11.6 Å². The SMILES string of the molecule is CNC(=O)c1cc(F)cc(C[C@H]2CC[C@H](C(=O)N3OCC[C@H]3c3cncc(F)c3)CC2)c1. The highest BCUT2D eigenvalue weighted by molar-refractivity contribution is 5.94. The number of benzene rings is 1. The average Bonchev–Trinajstić information content (AvgIpc) is 3.28. The number of amides is 2. The second kappa shape index (κ2) is 9.73. The Balaban J connectivity index is 1.36. The summed E-state index contributed by atoms with van der Waals surface area (Å²) in [6, 6.07) is 5.52. The first-order valence-electron chi connectivity index (χ1n) is 11.0. The van der Waals surface area contributed by atoms with Gasteiger partial charge < -0.3 is 5.32 Å². The maximum absolute atomic E-state index is 13.9. The molecule has 170 valence electrons. The first kappa shape index (κ1) is 22.3. The highest BCUT2D eigenvalue weighted by Gasteiger charge is 2.37. The number of aromatic nitrogens is 1. The van der Waals surface area contributed by atoms with Crippen LogP contribution in [0, 0.1) is 23.5 Å². The number of hydrogen-bond donors (Lipinski definition) is 1. The van der Waals surface area contributed by atoms with Gasteiger partial charge in [-0.1, -0.05) is 0 Å². The van der Waals surface area contributed by atoms with Gasteiger partial charge in [-0.15, -0.1) is 0 Å². The number of carbonyl (C=O) groups is 2. The van der Waals surface area contributed by atoms with E-state index in [-0.39, 0.29) is 23.8 Å². The Morgan fingerprint density at radius 2 is 1.84 bits per heavy atom. The first-order chi connectivity index (χ1) is 15.4. The molecule has 8 heteroatoms. The minimum atomic E-state index is -0.431. The van der Waals surface area contributed by atoms with Crippen LogP contribution >= 0.6 is 0 Å². The number of rotatable bonds is 5. The number of nitrogens with zero attached hydrogens (tertiary/aromatic N) is 2. The number of nitrogens with one attached hydrogen (secondary N) is 1. The zero-order valence-corrected chi connectivity index (χ0v) is 18.0. The molecule has 4 rings (SSSR count). The fourth-order valence-electron chi connectivity index (χ4n) is 4.77. The van der Waals surface area contributed by atoms with E-state index in [0.29, 0.717) is 36.5 Å². The van der Waals surface area contributed by atoms with E-state index >= 15 is 0 Å². The lowest BCUT2D eigenvalue weighted by atomic mass is 9.78. The lowest BCUT2D eigenvalue weighted by Crippen LogP contribution is -2.36. The van der Waals surface area contributed by atoms with Crippen molar-refractivity contribution >= 4 is 11.8 Å². The molecule has 2 aliphatic rings. The topological polar surface area (TPSA) is 71.5 Å². The molecular formula is C24H27F2N3O3. The first-order valence-corrected chi connectivity index (χ1v) is 11.0. The summed E-state index contributed by atoms with van der Waals surface area (Å²) >= 11 is 0. The summed E-state index contributed by atoms with van der Waals surface area (Å²) in [6.07, 6.45) is 7.10. The molecule has 1 saturated heterocycles. The van der Waals surface area contributed by atoms with Crippen molar-refractivity contribution in [1.82, 2.24) is 15.4 Å². The van der Waals surface area contributed by atoms with Crippen LogP contribution in [-0.2, 0) is 16.1 Å². The molecule has 1 atom stereocenters. The predicted octanol–water partition coefficient (Wildman–Crippen LogP) is 3.97. The van der Waals surface area contributed by atoms with E-state index in [4.69, 9.17) is 4.84 Å². The largest absolute Gasteiger partial charge is 0.355 e. The lowest BCUT2D eigenvalue weighted by molar-refractivity contribution is -0.183. The van der Waals surface area contributed by atoms with Crippen LogP contribution in [0.5, 0.6) is 0 Å². The average molecular weight is 443 g/mol. The second-order valence-electron chi connectivity index (χ2n) is 8.59. The van der Waals surface area contributed by atoms with Crippen LogP contribution in [0.25, 0.3) is 0 Å². The summed E-state index contributed by atoms with van der Waals surface area (Å²) in [5.41, 5.74) is 1.75. The molecule has 6 nitrogen and oxygen atoms in total. The third-order valence-corrected chi connectivity index (χ3v) is 6.40. The van der Waals surface area contributed by atoms with Gasteiger partial charge in [0.05, 0.1) is 18.8 Å². The molecule has 2 fully saturated rings. The van der Waals surface area contributed by atoms with E-state index in [0.717, 1.165) is 37.4 Å². The van der Waals surface area contributed by atoms with Crippen LogP contribution in [0.2, 0.25) is 0 Å². The summed E-state index contributed by atoms with van der Waals surface area (Å²) < 4.78 is 27.5. The van der Waals surface area contributed by atoms with E-state index in [1.165, 1.54) is 30.3 Å². The predicted molar refractivity (Wildman–Crippen MR) is 113 cm³/mol. The maximum atomic E-state index is 13.9. The normalized spacial score (nSPS) is 23.2. The zero-order chi connectivity index (χ0) is 22.7. The van der Waals surface area contributed by atoms with Crippen molar-refractivity contribution in [1.29, 1.82) is 0 Å². The van der Waals surface area contributed by atoms with Gasteiger partial charge >= 0.3 is 0 Å². The lowest BCUT2D eigenvalue weighted by Gasteiger charge is -2.32. The Hall–Kier alpha value is -2.87. The van der Waals surface area contributed by atoms with Crippen molar-refractivity contribution in [3.05, 3.63) is 65.0 Å². The summed E-state index contributed by atoms with van der Waals surface area (Å²) in [6.45, 7) is 0.412. The van der Waals surface area contributed by atoms with Gasteiger partial charge in [-0.25, -0.2) is 13.8 Å². The van der Waals surface area contributed by atoms with Crippen molar-refractivity contribution in [2.75, 3.05) is 13.7 Å². The molecule has 0 radical (unpaired) electrons. The summed E-state index contributed by atoms with van der Waals surface area (Å²) in [5, 5.41) is 3.92. The van der Waals surface area contributed by atoms with Gasteiger partial charge in [-0.3, -0.25) is 19.4 Å². The molecule has 0 unspecified atom stereocenters. The minimum absolute atomic E-state index is 0.0668. The van der Waals surface area contributed by atoms with Crippen molar-refractivity contribution in [2.45, 2.75) is 44.6 Å². The van der Waals surface area contributed by atoms with Gasteiger partial charge in [0.25, 0.3) is 5.91 Å². The molecule has 1 aromatic heterocycles. The molecule has 2 amide bonds. The fourth-order valence-corrected chi connectivity index (χ4v) is 4.77. The summed E-state index contributed by atoms with van der Waals surface area (Å²) in [4.78, 5) is 34.5. The minimum Gasteiger partial charge on any atom is -0.355 e. The van der Waals surface area contributed by atoms with Gasteiger partial charge in [0.1, 0.15) is 11.6 Å². The van der Waals surface area contributed by atoms with Crippen LogP contribution in [0.1, 0.15) is 59.6 Å². The van der Waals surface area contributed by atoms with E-state index in [2.05, 4.69) is 10.3 Å². The summed E-state index contributed by atoms with van der Waals surface area (Å²) in [5.74, 6) is -1.06. The Morgan fingerprint density at radius 1 is 1.06 bits per heavy atom. The summed E-state index contributed by atoms with van der Waals surface area (Å²) in [7, 11) is 1.52. The van der Waals surface area contributed by atoms with Gasteiger partial charge in [0.2, 0.25) is 5.91 Å². The molecule has 1 aliphatic heterocycles. The molecular weight excluding hydrogens is 416 g/mol. The van der Waals surface area contributed by atoms with Gasteiger partial charge in [0.15, 0.2) is 0 Å². The third-order valence-electron chi connectivity index (χ3n) is 6.40. The van der Waals surface area contributed by atoms with Crippen LogP contribution in [-0.4, -0.2) is 35.5 Å². The molecule has 1 aliphatic carbocycles. The number of hydrogen-bond acceptors (Lipinski definition) is 4. The third kappa shape index (κ3) is 4.96. The van der Waals surface area contributed by atoms with Crippen LogP contribution < -0.4 is 5.32 Å². The zero-order valence-electron chi connectivity index (χ0n) is 18.0. The van der Waals surface area contributed by atoms with Crippen LogP contribution in [0.3, 0.4) is 0 Å². The molecule has 0 spiro atoms. The van der Waals surface area contributed by atoms with E-state index in [1.807, 2.05) is 0 Å². The molecule has 1 aromatic carbocycles. The number of carbonyl (C=O) groups excluding carboxylic acids is 2. The maximum Gasteiger partial charge on any atom is 0.251 e. The monoisotopic (exact) mass is 443 g/mol. The Kier molecular flexibility index (Phi) is 6.79. The van der Waals surface area contributed by atoms with Crippen molar-refractivity contribution < 1.29 is 23.2 Å². The second-order valence-corrected chi connectivity index (χ2v) is 8.59. The highest BCUT2D eigenvalue weighted by atomic mass is 19.1. The van der Waals surface area contributed by atoms with Crippen molar-refractivity contribution in [3.8, 4) is 0 Å². The number of hydroxylamine groups is 2. The van der Waals surface area contributed by atoms with Gasteiger partial charge in [0, 0.05) is 31.1 Å². The van der Waals surface area contributed by atoms with Gasteiger partial charge in [-0.05, 0) is 73.4 Å². The molecule has 32 heavy (non-hydrogen) atoms. The molecule has 2 heterocycles. The van der Waals surface area contributed by atoms with Crippen LogP contribution in [0.4, 0.5) is 8.78 Å². The Morgan fingerprint density at radius 3 is 2.56 bits per heavy atom. The number of halogens is 2. The standard InChI is InChI=1S/C24H27F2N3O3/c1-27-23(30)18-9-16(10-20(25)11-18)8-15-2-4-17(5-3-15)24(31)29-22(6-7-32-29)19-12-21(26)14-28-13-19/h9-15,17,22H,2-8H2,1H3,(H,27,30)/t15-,17-,22-/m0/s1. The Bertz CT molecular complexity index is 992. The fraction of sp³-hybridized carbons (Fsp3) is 0.458. The smallest absolute Gasteiger partial charge is 0.251 e. The molecule has 1 N–H and O–H groups in total.